The van der Waals surface area contributed by atoms with Crippen molar-refractivity contribution in [3.05, 3.63) is 0 Å². The van der Waals surface area contributed by atoms with Crippen LogP contribution in [-0.4, -0.2) is 34.6 Å². The molecule has 2 aliphatic heterocycles. The van der Waals surface area contributed by atoms with Gasteiger partial charge in [-0.2, -0.15) is 0 Å². The SMILES string of the molecule is O=C(C1CC1)N1C2CCC1C(CO)C2. The molecule has 0 aromatic heterocycles. The summed E-state index contributed by atoms with van der Waals surface area (Å²) < 4.78 is 0. The largest absolute Gasteiger partial charge is 0.396 e. The first-order valence-corrected chi connectivity index (χ1v) is 5.74. The fourth-order valence-corrected chi connectivity index (χ4v) is 3.19. The van der Waals surface area contributed by atoms with Crippen LogP contribution in [0.1, 0.15) is 32.1 Å². The average Bonchev–Trinajstić information content (AvgIpc) is 2.91. The summed E-state index contributed by atoms with van der Waals surface area (Å²) in [6.45, 7) is 0.260. The highest BCUT2D eigenvalue weighted by Gasteiger charge is 2.50. The summed E-state index contributed by atoms with van der Waals surface area (Å²) in [5, 5.41) is 9.20. The molecule has 3 atom stereocenters. The van der Waals surface area contributed by atoms with Gasteiger partial charge in [-0.3, -0.25) is 4.79 Å². The summed E-state index contributed by atoms with van der Waals surface area (Å²) in [7, 11) is 0. The molecular weight excluding hydrogens is 178 g/mol. The summed E-state index contributed by atoms with van der Waals surface area (Å²) >= 11 is 0. The van der Waals surface area contributed by atoms with Gasteiger partial charge in [0, 0.05) is 30.5 Å². The number of hydrogen-bond donors (Lipinski definition) is 1. The van der Waals surface area contributed by atoms with E-state index in [0.717, 1.165) is 25.7 Å². The summed E-state index contributed by atoms with van der Waals surface area (Å²) in [5.41, 5.74) is 0. The number of aliphatic hydroxyl groups is 1. The summed E-state index contributed by atoms with van der Waals surface area (Å²) in [6, 6.07) is 0.836. The number of fused-ring (bicyclic) bond motifs is 2. The molecule has 0 radical (unpaired) electrons. The first-order chi connectivity index (χ1) is 6.81. The van der Waals surface area contributed by atoms with Crippen molar-refractivity contribution in [3.8, 4) is 0 Å². The Bertz CT molecular complexity index is 262. The number of carbonyl (C=O) groups excluding carboxylic acids is 1. The summed E-state index contributed by atoms with van der Waals surface area (Å²) in [4.78, 5) is 14.1. The van der Waals surface area contributed by atoms with Gasteiger partial charge in [-0.25, -0.2) is 0 Å². The van der Waals surface area contributed by atoms with E-state index in [1.807, 2.05) is 0 Å². The molecule has 0 aromatic carbocycles. The molecule has 2 bridgehead atoms. The maximum Gasteiger partial charge on any atom is 0.226 e. The van der Waals surface area contributed by atoms with E-state index >= 15 is 0 Å². The van der Waals surface area contributed by atoms with Crippen LogP contribution in [0.3, 0.4) is 0 Å². The minimum absolute atomic E-state index is 0.260. The van der Waals surface area contributed by atoms with Crippen molar-refractivity contribution >= 4 is 5.91 Å². The van der Waals surface area contributed by atoms with Crippen molar-refractivity contribution in [2.24, 2.45) is 11.8 Å². The number of hydrogen-bond acceptors (Lipinski definition) is 2. The Morgan fingerprint density at radius 2 is 2.07 bits per heavy atom. The molecule has 78 valence electrons. The molecule has 0 spiro atoms. The van der Waals surface area contributed by atoms with E-state index in [-0.39, 0.29) is 6.61 Å². The fourth-order valence-electron chi connectivity index (χ4n) is 3.19. The monoisotopic (exact) mass is 195 g/mol. The standard InChI is InChI=1S/C11H17NO2/c13-6-8-5-9-3-4-10(8)12(9)11(14)7-1-2-7/h7-10,13H,1-6H2. The lowest BCUT2D eigenvalue weighted by molar-refractivity contribution is -0.134. The molecule has 1 saturated carbocycles. The molecule has 3 heteroatoms. The average molecular weight is 195 g/mol. The van der Waals surface area contributed by atoms with E-state index in [0.29, 0.717) is 29.8 Å². The highest BCUT2D eigenvalue weighted by molar-refractivity contribution is 5.82. The molecule has 3 aliphatic rings. The zero-order chi connectivity index (χ0) is 9.71. The van der Waals surface area contributed by atoms with Gasteiger partial charge in [-0.1, -0.05) is 0 Å². The Morgan fingerprint density at radius 1 is 1.29 bits per heavy atom. The molecule has 3 rings (SSSR count). The van der Waals surface area contributed by atoms with Crippen LogP contribution in [0, 0.1) is 11.8 Å². The lowest BCUT2D eigenvalue weighted by atomic mass is 9.90. The third-order valence-electron chi connectivity index (χ3n) is 4.08. The molecule has 0 aromatic rings. The van der Waals surface area contributed by atoms with E-state index in [4.69, 9.17) is 0 Å². The van der Waals surface area contributed by atoms with Crippen LogP contribution in [0.4, 0.5) is 0 Å². The number of aliphatic hydroxyl groups excluding tert-OH is 1. The Labute approximate surface area is 84.1 Å². The van der Waals surface area contributed by atoms with Crippen LogP contribution in [0.15, 0.2) is 0 Å². The molecule has 3 nitrogen and oxygen atoms in total. The van der Waals surface area contributed by atoms with Gasteiger partial charge in [0.1, 0.15) is 0 Å². The third kappa shape index (κ3) is 1.11. The van der Waals surface area contributed by atoms with Gasteiger partial charge in [-0.05, 0) is 32.1 Å². The van der Waals surface area contributed by atoms with Crippen LogP contribution < -0.4 is 0 Å². The van der Waals surface area contributed by atoms with Gasteiger partial charge < -0.3 is 10.0 Å². The van der Waals surface area contributed by atoms with Crippen LogP contribution in [0.5, 0.6) is 0 Å². The second kappa shape index (κ2) is 2.96. The first kappa shape index (κ1) is 8.72. The second-order valence-electron chi connectivity index (χ2n) is 5.00. The van der Waals surface area contributed by atoms with Crippen molar-refractivity contribution in [2.75, 3.05) is 6.61 Å². The normalized spacial score (nSPS) is 40.6. The zero-order valence-electron chi connectivity index (χ0n) is 8.35. The first-order valence-electron chi connectivity index (χ1n) is 5.74. The highest BCUT2D eigenvalue weighted by atomic mass is 16.3. The molecule has 3 fully saturated rings. The number of carbonyl (C=O) groups is 1. The zero-order valence-corrected chi connectivity index (χ0v) is 8.35. The minimum atomic E-state index is 0.260. The van der Waals surface area contributed by atoms with Crippen molar-refractivity contribution in [1.82, 2.24) is 4.90 Å². The van der Waals surface area contributed by atoms with Crippen LogP contribution >= 0.6 is 0 Å². The Hall–Kier alpha value is -0.570. The van der Waals surface area contributed by atoms with Crippen LogP contribution in [0.2, 0.25) is 0 Å². The van der Waals surface area contributed by atoms with Gasteiger partial charge >= 0.3 is 0 Å². The van der Waals surface area contributed by atoms with Gasteiger partial charge in [0.25, 0.3) is 0 Å². The topological polar surface area (TPSA) is 40.5 Å². The maximum atomic E-state index is 12.0. The van der Waals surface area contributed by atoms with Gasteiger partial charge in [-0.15, -0.1) is 0 Å². The van der Waals surface area contributed by atoms with E-state index in [2.05, 4.69) is 4.90 Å². The van der Waals surface area contributed by atoms with Gasteiger partial charge in [0.2, 0.25) is 5.91 Å². The van der Waals surface area contributed by atoms with Crippen molar-refractivity contribution < 1.29 is 9.90 Å². The van der Waals surface area contributed by atoms with E-state index in [9.17, 15) is 9.90 Å². The Balaban J connectivity index is 1.77. The lowest BCUT2D eigenvalue weighted by Gasteiger charge is -2.23. The van der Waals surface area contributed by atoms with Gasteiger partial charge in [0.05, 0.1) is 0 Å². The number of rotatable bonds is 2. The second-order valence-corrected chi connectivity index (χ2v) is 5.00. The Morgan fingerprint density at radius 3 is 2.64 bits per heavy atom. The molecule has 1 N–H and O–H groups in total. The summed E-state index contributed by atoms with van der Waals surface area (Å²) in [5.74, 6) is 1.10. The van der Waals surface area contributed by atoms with Crippen LogP contribution in [0.25, 0.3) is 0 Å². The molecule has 2 heterocycles. The number of nitrogens with zero attached hydrogens (tertiary/aromatic N) is 1. The summed E-state index contributed by atoms with van der Waals surface area (Å²) in [6.07, 6.45) is 5.52. The van der Waals surface area contributed by atoms with E-state index in [1.165, 1.54) is 6.42 Å². The van der Waals surface area contributed by atoms with E-state index in [1.54, 1.807) is 0 Å². The third-order valence-corrected chi connectivity index (χ3v) is 4.08. The predicted molar refractivity (Wildman–Crippen MR) is 51.6 cm³/mol. The van der Waals surface area contributed by atoms with Crippen molar-refractivity contribution in [2.45, 2.75) is 44.2 Å². The Kier molecular flexibility index (Phi) is 1.84. The van der Waals surface area contributed by atoms with E-state index < -0.39 is 0 Å². The quantitative estimate of drug-likeness (QED) is 0.707. The van der Waals surface area contributed by atoms with Crippen molar-refractivity contribution in [3.63, 3.8) is 0 Å². The van der Waals surface area contributed by atoms with Gasteiger partial charge in [0.15, 0.2) is 0 Å². The maximum absolute atomic E-state index is 12.0. The molecule has 1 aliphatic carbocycles. The molecule has 1 amide bonds. The molecular formula is C11H17NO2. The van der Waals surface area contributed by atoms with Crippen molar-refractivity contribution in [1.29, 1.82) is 0 Å². The minimum Gasteiger partial charge on any atom is -0.396 e. The predicted octanol–water partition coefficient (Wildman–Crippen LogP) is 0.768. The van der Waals surface area contributed by atoms with Crippen LogP contribution in [-0.2, 0) is 4.79 Å². The highest BCUT2D eigenvalue weighted by Crippen LogP contribution is 2.44. The molecule has 2 saturated heterocycles. The molecule has 14 heavy (non-hydrogen) atoms. The lowest BCUT2D eigenvalue weighted by Crippen LogP contribution is -2.37. The molecule has 3 unspecified atom stereocenters. The fraction of sp³-hybridized carbons (Fsp3) is 0.909. The number of amides is 1. The smallest absolute Gasteiger partial charge is 0.226 e.